The van der Waals surface area contributed by atoms with Gasteiger partial charge in [0.05, 0.1) is 0 Å². The quantitative estimate of drug-likeness (QED) is 0.349. The summed E-state index contributed by atoms with van der Waals surface area (Å²) in [5, 5.41) is 8.65. The molecule has 0 rings (SSSR count). The van der Waals surface area contributed by atoms with Crippen LogP contribution in [-0.4, -0.2) is 67.5 Å². The highest BCUT2D eigenvalue weighted by Crippen LogP contribution is 2.39. The second-order valence-corrected chi connectivity index (χ2v) is 12.5. The van der Waals surface area contributed by atoms with Gasteiger partial charge >= 0.3 is 29.1 Å². The van der Waals surface area contributed by atoms with Crippen molar-refractivity contribution in [2.45, 2.75) is 31.3 Å². The van der Waals surface area contributed by atoms with Crippen molar-refractivity contribution in [2.24, 2.45) is 0 Å². The molecule has 0 unspecified atom stereocenters. The molecule has 0 atom stereocenters. The highest BCUT2D eigenvalue weighted by Gasteiger charge is 2.69. The number of carbonyl (C=O) groups excluding carboxylic acids is 1. The molecule has 1 N–H and O–H groups in total. The van der Waals surface area contributed by atoms with E-state index in [9.17, 15) is 9.59 Å². The minimum absolute atomic E-state index is 0.328. The van der Waals surface area contributed by atoms with Crippen LogP contribution in [0, 0.1) is 0 Å². The van der Waals surface area contributed by atoms with Gasteiger partial charge in [0.2, 0.25) is 0 Å². The second-order valence-electron chi connectivity index (χ2n) is 4.98. The molecule has 0 aromatic rings. The van der Waals surface area contributed by atoms with Crippen molar-refractivity contribution in [1.82, 2.24) is 0 Å². The maximum atomic E-state index is 12.1. The molecule has 0 saturated heterocycles. The Morgan fingerprint density at radius 2 is 1.35 bits per heavy atom. The summed E-state index contributed by atoms with van der Waals surface area (Å²) in [6.45, 7) is 5.29. The first kappa shape index (κ1) is 22.0. The lowest BCUT2D eigenvalue weighted by molar-refractivity contribution is -0.147. The number of rotatable bonds is 10. The Morgan fingerprint density at radius 1 is 0.957 bits per heavy atom. The van der Waals surface area contributed by atoms with Crippen LogP contribution in [0.15, 0.2) is 12.2 Å². The van der Waals surface area contributed by atoms with Crippen molar-refractivity contribution in [2.75, 3.05) is 28.4 Å². The van der Waals surface area contributed by atoms with E-state index >= 15 is 0 Å². The lowest BCUT2D eigenvalue weighted by atomic mass is 10.5. The molecular formula is C13H26O8Si2. The zero-order chi connectivity index (χ0) is 18.3. The predicted octanol–water partition coefficient (Wildman–Crippen LogP) is 1.13. The number of ether oxygens (including phenoxy) is 1. The van der Waals surface area contributed by atoms with Gasteiger partial charge in [0.1, 0.15) is 0 Å². The monoisotopic (exact) mass is 366 g/mol. The van der Waals surface area contributed by atoms with E-state index in [1.807, 2.05) is 0 Å². The Hall–Kier alpha value is -1.05. The molecule has 0 aliphatic heterocycles. The third-order valence-electron chi connectivity index (χ3n) is 4.16. The van der Waals surface area contributed by atoms with Crippen molar-refractivity contribution >= 4 is 29.1 Å². The molecule has 10 heteroatoms. The number of esters is 1. The van der Waals surface area contributed by atoms with Crippen LogP contribution in [0.25, 0.3) is 0 Å². The third-order valence-corrected chi connectivity index (χ3v) is 13.8. The number of carbonyl (C=O) groups is 2. The summed E-state index contributed by atoms with van der Waals surface area (Å²) in [6.07, 6.45) is 1.88. The summed E-state index contributed by atoms with van der Waals surface area (Å²) >= 11 is 0. The molecule has 8 nitrogen and oxygen atoms in total. The van der Waals surface area contributed by atoms with Gasteiger partial charge in [-0.15, -0.1) is 0 Å². The minimum atomic E-state index is -3.09. The molecule has 0 amide bonds. The molecule has 0 fully saturated rings. The van der Waals surface area contributed by atoms with Gasteiger partial charge in [-0.25, -0.2) is 9.59 Å². The second kappa shape index (κ2) is 8.71. The van der Waals surface area contributed by atoms with E-state index in [0.29, 0.717) is 12.5 Å². The lowest BCUT2D eigenvalue weighted by Crippen LogP contribution is -2.76. The fourth-order valence-electron chi connectivity index (χ4n) is 2.48. The summed E-state index contributed by atoms with van der Waals surface area (Å²) in [6, 6.07) is 0. The van der Waals surface area contributed by atoms with Gasteiger partial charge < -0.3 is 27.5 Å². The van der Waals surface area contributed by atoms with Gasteiger partial charge in [-0.2, -0.15) is 0 Å². The molecule has 0 aromatic heterocycles. The summed E-state index contributed by atoms with van der Waals surface area (Å²) in [7, 11) is -0.278. The molecular weight excluding hydrogens is 340 g/mol. The average molecular weight is 367 g/mol. The number of carboxylic acids is 1. The smallest absolute Gasteiger partial charge is 0.381 e. The van der Waals surface area contributed by atoms with Crippen molar-refractivity contribution in [3.05, 3.63) is 12.2 Å². The van der Waals surface area contributed by atoms with E-state index in [-0.39, 0.29) is 0 Å². The van der Waals surface area contributed by atoms with Crippen LogP contribution in [-0.2, 0) is 32.0 Å². The fourth-order valence-corrected chi connectivity index (χ4v) is 10.5. The lowest BCUT2D eigenvalue weighted by Gasteiger charge is -2.48. The first-order chi connectivity index (χ1) is 10.6. The molecule has 0 saturated carbocycles. The van der Waals surface area contributed by atoms with E-state index in [0.717, 1.165) is 6.08 Å². The molecule has 0 heterocycles. The maximum absolute atomic E-state index is 12.1. The predicted molar refractivity (Wildman–Crippen MR) is 87.2 cm³/mol. The van der Waals surface area contributed by atoms with Crippen LogP contribution in [0.5, 0.6) is 0 Å². The Morgan fingerprint density at radius 3 is 1.61 bits per heavy atom. The minimum Gasteiger partial charge on any atom is -0.478 e. The van der Waals surface area contributed by atoms with Crippen LogP contribution in [0.4, 0.5) is 0 Å². The molecule has 0 aliphatic rings. The highest BCUT2D eigenvalue weighted by molar-refractivity contribution is 6.89. The van der Waals surface area contributed by atoms with E-state index in [1.54, 1.807) is 20.0 Å². The Kier molecular flexibility index (Phi) is 8.31. The van der Waals surface area contributed by atoms with Crippen molar-refractivity contribution in [3.63, 3.8) is 0 Å². The zero-order valence-electron chi connectivity index (χ0n) is 14.7. The van der Waals surface area contributed by atoms with Crippen LogP contribution in [0.3, 0.4) is 0 Å². The molecule has 0 radical (unpaired) electrons. The fraction of sp³-hybridized carbons (Fsp3) is 0.692. The Bertz CT molecular complexity index is 425. The van der Waals surface area contributed by atoms with Crippen molar-refractivity contribution in [3.8, 4) is 0 Å². The van der Waals surface area contributed by atoms with Crippen LogP contribution in [0.1, 0.15) is 13.3 Å². The molecule has 0 aromatic carbocycles. The standard InChI is InChI=1S/C13H26O8Si2/c1-8-13(22(6,17-2)18-3,23(7,19-4)20-5)21-12(16)10-9-11(14)15/h9-10H,8H2,1-7H3,(H,14,15)/b10-9-. The third kappa shape index (κ3) is 4.28. The van der Waals surface area contributed by atoms with Gasteiger partial charge in [-0.1, -0.05) is 6.92 Å². The normalized spacial score (nSPS) is 13.3. The highest BCUT2D eigenvalue weighted by atomic mass is 28.4. The zero-order valence-corrected chi connectivity index (χ0v) is 16.7. The molecule has 134 valence electrons. The number of aliphatic carboxylic acids is 1. The maximum Gasteiger partial charge on any atom is 0.381 e. The van der Waals surface area contributed by atoms with Gasteiger partial charge in [0.25, 0.3) is 0 Å². The average Bonchev–Trinajstić information content (AvgIpc) is 2.56. The van der Waals surface area contributed by atoms with Crippen LogP contribution >= 0.6 is 0 Å². The summed E-state index contributed by atoms with van der Waals surface area (Å²) in [5.74, 6) is -2.07. The van der Waals surface area contributed by atoms with Crippen LogP contribution in [0.2, 0.25) is 13.1 Å². The summed E-state index contributed by atoms with van der Waals surface area (Å²) in [4.78, 5) is 21.5. The summed E-state index contributed by atoms with van der Waals surface area (Å²) < 4.78 is 28.0. The van der Waals surface area contributed by atoms with Gasteiger partial charge in [0.15, 0.2) is 4.85 Å². The van der Waals surface area contributed by atoms with E-state index < -0.39 is 33.9 Å². The van der Waals surface area contributed by atoms with Gasteiger partial charge in [-0.05, 0) is 19.5 Å². The molecule has 0 bridgehead atoms. The van der Waals surface area contributed by atoms with E-state index in [1.165, 1.54) is 28.4 Å². The summed E-state index contributed by atoms with van der Waals surface area (Å²) in [5.41, 5.74) is 0. The van der Waals surface area contributed by atoms with E-state index in [2.05, 4.69) is 0 Å². The first-order valence-electron chi connectivity index (χ1n) is 6.96. The SMILES string of the molecule is CCC(OC(=O)/C=C\C(=O)O)([Si](C)(OC)OC)[Si](C)(OC)OC. The molecule has 0 spiro atoms. The van der Waals surface area contributed by atoms with Crippen molar-refractivity contribution in [1.29, 1.82) is 0 Å². The molecule has 0 aliphatic carbocycles. The Balaban J connectivity index is 6.07. The molecule has 23 heavy (non-hydrogen) atoms. The first-order valence-corrected chi connectivity index (χ1v) is 11.6. The van der Waals surface area contributed by atoms with Gasteiger partial charge in [-0.3, -0.25) is 0 Å². The number of hydrogen-bond acceptors (Lipinski definition) is 7. The number of carboxylic acid groups (broad SMARTS) is 1. The van der Waals surface area contributed by atoms with Crippen LogP contribution < -0.4 is 0 Å². The largest absolute Gasteiger partial charge is 0.478 e. The van der Waals surface area contributed by atoms with Crippen molar-refractivity contribution < 1.29 is 37.1 Å². The number of hydrogen-bond donors (Lipinski definition) is 1. The Labute approximate surface area is 138 Å². The topological polar surface area (TPSA) is 101 Å². The van der Waals surface area contributed by atoms with E-state index in [4.69, 9.17) is 27.5 Å². The van der Waals surface area contributed by atoms with Gasteiger partial charge in [0, 0.05) is 40.6 Å².